The predicted molar refractivity (Wildman–Crippen MR) is 117 cm³/mol. The molecule has 0 aliphatic carbocycles. The van der Waals surface area contributed by atoms with Gasteiger partial charge < -0.3 is 4.74 Å². The molecule has 1 aromatic heterocycles. The number of fused-ring (bicyclic) bond motifs is 1. The molecule has 4 nitrogen and oxygen atoms in total. The molecule has 0 aliphatic rings. The van der Waals surface area contributed by atoms with Crippen molar-refractivity contribution in [3.05, 3.63) is 76.5 Å². The highest BCUT2D eigenvalue weighted by Crippen LogP contribution is 2.33. The van der Waals surface area contributed by atoms with Crippen molar-refractivity contribution in [1.29, 1.82) is 0 Å². The highest BCUT2D eigenvalue weighted by atomic mass is 19.4. The maximum atomic E-state index is 13.5. The van der Waals surface area contributed by atoms with Crippen molar-refractivity contribution in [3.8, 4) is 5.75 Å². The van der Waals surface area contributed by atoms with Gasteiger partial charge in [-0.2, -0.15) is 13.2 Å². The van der Waals surface area contributed by atoms with Crippen LogP contribution in [0.2, 0.25) is 0 Å². The molecular weight excluding hydrogens is 419 g/mol. The van der Waals surface area contributed by atoms with Gasteiger partial charge in [-0.1, -0.05) is 24.3 Å². The van der Waals surface area contributed by atoms with Crippen LogP contribution >= 0.6 is 0 Å². The van der Waals surface area contributed by atoms with Crippen LogP contribution in [0.3, 0.4) is 0 Å². The van der Waals surface area contributed by atoms with Gasteiger partial charge in [0.25, 0.3) is 0 Å². The van der Waals surface area contributed by atoms with Crippen LogP contribution in [-0.2, 0) is 11.0 Å². The van der Waals surface area contributed by atoms with E-state index >= 15 is 0 Å². The zero-order valence-corrected chi connectivity index (χ0v) is 18.1. The molecule has 3 aromatic rings. The Balaban J connectivity index is 1.96. The maximum absolute atomic E-state index is 13.5. The lowest BCUT2D eigenvalue weighted by atomic mass is 10.0. The molecule has 0 unspecified atom stereocenters. The molecule has 0 fully saturated rings. The van der Waals surface area contributed by atoms with Crippen LogP contribution in [0.1, 0.15) is 46.6 Å². The number of aldehydes is 1. The highest BCUT2D eigenvalue weighted by Gasteiger charge is 2.37. The third-order valence-corrected chi connectivity index (χ3v) is 4.82. The summed E-state index contributed by atoms with van der Waals surface area (Å²) < 4.78 is 46.4. The van der Waals surface area contributed by atoms with E-state index in [0.29, 0.717) is 23.0 Å². The summed E-state index contributed by atoms with van der Waals surface area (Å²) in [6.07, 6.45) is -1.51. The lowest BCUT2D eigenvalue weighted by molar-refractivity contribution is -0.141. The van der Waals surface area contributed by atoms with Gasteiger partial charge in [-0.25, -0.2) is 4.98 Å². The van der Waals surface area contributed by atoms with Gasteiger partial charge in [-0.05, 0) is 74.7 Å². The molecule has 1 heterocycles. The van der Waals surface area contributed by atoms with Crippen LogP contribution in [-0.4, -0.2) is 22.7 Å². The number of benzene rings is 2. The first-order chi connectivity index (χ1) is 14.9. The van der Waals surface area contributed by atoms with Gasteiger partial charge in [0.05, 0.1) is 11.1 Å². The summed E-state index contributed by atoms with van der Waals surface area (Å²) in [5.74, 6) is -0.253. The average Bonchev–Trinajstić information content (AvgIpc) is 2.73. The third-order valence-electron chi connectivity index (χ3n) is 4.82. The molecule has 7 heteroatoms. The summed E-state index contributed by atoms with van der Waals surface area (Å²) in [5.41, 5.74) is -0.468. The van der Waals surface area contributed by atoms with Crippen molar-refractivity contribution in [2.45, 2.75) is 39.5 Å². The number of nitrogens with zero attached hydrogens (tertiary/aromatic N) is 1. The minimum Gasteiger partial charge on any atom is -0.480 e. The summed E-state index contributed by atoms with van der Waals surface area (Å²) in [6, 6.07) is 11.0. The average molecular weight is 441 g/mol. The predicted octanol–water partition coefficient (Wildman–Crippen LogP) is 6.12. The number of ketones is 1. The zero-order chi connectivity index (χ0) is 23.7. The number of allylic oxidation sites excluding steroid dienone is 1. The van der Waals surface area contributed by atoms with Crippen molar-refractivity contribution in [3.63, 3.8) is 0 Å². The Labute approximate surface area is 183 Å². The molecule has 2 aromatic carbocycles. The minimum absolute atomic E-state index is 0.167. The monoisotopic (exact) mass is 441 g/mol. The van der Waals surface area contributed by atoms with E-state index in [4.69, 9.17) is 4.74 Å². The molecule has 0 radical (unpaired) electrons. The number of alkyl halides is 3. The quantitative estimate of drug-likeness (QED) is 0.263. The first-order valence-corrected chi connectivity index (χ1v) is 9.87. The fraction of sp³-hybridized carbons (Fsp3) is 0.240. The molecule has 0 amide bonds. The Hall–Kier alpha value is -3.48. The summed E-state index contributed by atoms with van der Waals surface area (Å²) in [6.45, 7) is 6.86. The van der Waals surface area contributed by atoms with Crippen LogP contribution in [0, 0.1) is 13.8 Å². The summed E-state index contributed by atoms with van der Waals surface area (Å²) >= 11 is 0. The standard InChI is InChI=1S/C25H22F3NO3/c1-15-11-17(12-16(2)22(15)32-24(3,4)14-30)9-10-21(31)19-13-18-7-5-6-8-20(18)29-23(19)25(26,27)28/h5-14H,1-4H3/b10-9+. The second kappa shape index (κ2) is 8.57. The molecule has 0 spiro atoms. The number of carbonyl (C=O) groups excluding carboxylic acids is 2. The topological polar surface area (TPSA) is 56.3 Å². The number of halogens is 3. The van der Waals surface area contributed by atoms with Gasteiger partial charge >= 0.3 is 6.18 Å². The fourth-order valence-electron chi connectivity index (χ4n) is 3.31. The first-order valence-electron chi connectivity index (χ1n) is 9.87. The van der Waals surface area contributed by atoms with Gasteiger partial charge in [-0.3, -0.25) is 9.59 Å². The number of pyridine rings is 1. The Morgan fingerprint density at radius 1 is 1.03 bits per heavy atom. The molecule has 0 saturated heterocycles. The van der Waals surface area contributed by atoms with Gasteiger partial charge in [0.15, 0.2) is 23.4 Å². The number of aromatic nitrogens is 1. The molecule has 32 heavy (non-hydrogen) atoms. The second-order valence-electron chi connectivity index (χ2n) is 8.08. The van der Waals surface area contributed by atoms with Crippen LogP contribution in [0.25, 0.3) is 17.0 Å². The largest absolute Gasteiger partial charge is 0.480 e. The van der Waals surface area contributed by atoms with E-state index in [1.807, 2.05) is 0 Å². The molecule has 0 bridgehead atoms. The minimum atomic E-state index is -4.76. The van der Waals surface area contributed by atoms with E-state index in [2.05, 4.69) is 4.98 Å². The Morgan fingerprint density at radius 3 is 2.25 bits per heavy atom. The van der Waals surface area contributed by atoms with Gasteiger partial charge in [0.1, 0.15) is 5.75 Å². The Bertz CT molecular complexity index is 1200. The normalized spacial score (nSPS) is 12.3. The van der Waals surface area contributed by atoms with Crippen molar-refractivity contribution < 1.29 is 27.5 Å². The molecular formula is C25H22F3NO3. The van der Waals surface area contributed by atoms with Crippen molar-refractivity contribution in [2.24, 2.45) is 0 Å². The van der Waals surface area contributed by atoms with Crippen molar-refractivity contribution in [2.75, 3.05) is 0 Å². The SMILES string of the molecule is Cc1cc(/C=C/C(=O)c2cc3ccccc3nc2C(F)(F)F)cc(C)c1OC(C)(C)C=O. The van der Waals surface area contributed by atoms with Crippen molar-refractivity contribution in [1.82, 2.24) is 4.98 Å². The van der Waals surface area contributed by atoms with Gasteiger partial charge in [-0.15, -0.1) is 0 Å². The lowest BCUT2D eigenvalue weighted by Gasteiger charge is -2.23. The zero-order valence-electron chi connectivity index (χ0n) is 18.1. The van der Waals surface area contributed by atoms with Crippen LogP contribution < -0.4 is 4.74 Å². The van der Waals surface area contributed by atoms with E-state index in [9.17, 15) is 22.8 Å². The lowest BCUT2D eigenvalue weighted by Crippen LogP contribution is -2.30. The molecule has 0 saturated carbocycles. The van der Waals surface area contributed by atoms with Crippen molar-refractivity contribution >= 4 is 29.0 Å². The fourth-order valence-corrected chi connectivity index (χ4v) is 3.31. The number of ether oxygens (including phenoxy) is 1. The molecule has 3 rings (SSSR count). The highest BCUT2D eigenvalue weighted by molar-refractivity contribution is 6.09. The number of para-hydroxylation sites is 1. The summed E-state index contributed by atoms with van der Waals surface area (Å²) in [7, 11) is 0. The Kier molecular flexibility index (Phi) is 6.21. The van der Waals surface area contributed by atoms with Gasteiger partial charge in [0.2, 0.25) is 0 Å². The number of carbonyl (C=O) groups is 2. The van der Waals surface area contributed by atoms with E-state index < -0.39 is 28.8 Å². The van der Waals surface area contributed by atoms with E-state index in [-0.39, 0.29) is 5.52 Å². The van der Waals surface area contributed by atoms with E-state index in [1.54, 1.807) is 58.0 Å². The number of hydrogen-bond acceptors (Lipinski definition) is 4. The Morgan fingerprint density at radius 2 is 1.66 bits per heavy atom. The van der Waals surface area contributed by atoms with Crippen LogP contribution in [0.4, 0.5) is 13.2 Å². The van der Waals surface area contributed by atoms with E-state index in [1.165, 1.54) is 18.2 Å². The number of aryl methyl sites for hydroxylation is 2. The third kappa shape index (κ3) is 5.04. The number of rotatable bonds is 6. The second-order valence-corrected chi connectivity index (χ2v) is 8.08. The van der Waals surface area contributed by atoms with Gasteiger partial charge in [0, 0.05) is 5.39 Å². The summed E-state index contributed by atoms with van der Waals surface area (Å²) in [5, 5.41) is 0.447. The first kappa shape index (κ1) is 23.2. The molecule has 0 N–H and O–H groups in total. The molecule has 166 valence electrons. The smallest absolute Gasteiger partial charge is 0.434 e. The van der Waals surface area contributed by atoms with E-state index in [0.717, 1.165) is 17.2 Å². The maximum Gasteiger partial charge on any atom is 0.434 e. The molecule has 0 aliphatic heterocycles. The summed E-state index contributed by atoms with van der Waals surface area (Å²) in [4.78, 5) is 27.5. The number of hydrogen-bond donors (Lipinski definition) is 0. The van der Waals surface area contributed by atoms with Crippen LogP contribution in [0.15, 0.2) is 48.5 Å². The molecule has 0 atom stereocenters. The van der Waals surface area contributed by atoms with Crippen LogP contribution in [0.5, 0.6) is 5.75 Å².